The van der Waals surface area contributed by atoms with Crippen LogP contribution in [-0.4, -0.2) is 20.9 Å². The molecule has 3 nitrogen and oxygen atoms in total. The van der Waals surface area contributed by atoms with E-state index in [1.54, 1.807) is 6.20 Å². The molecule has 4 heteroatoms. The highest BCUT2D eigenvalue weighted by molar-refractivity contribution is 7.80. The van der Waals surface area contributed by atoms with Gasteiger partial charge in [0, 0.05) is 11.6 Å². The van der Waals surface area contributed by atoms with Crippen molar-refractivity contribution in [3.8, 4) is 0 Å². The number of H-pyrrole nitrogens is 1. The number of nitrogens with one attached hydrogen (secondary N) is 1. The molecule has 2 rings (SSSR count). The topological polar surface area (TPSA) is 41.6 Å². The third-order valence-electron chi connectivity index (χ3n) is 1.94. The van der Waals surface area contributed by atoms with E-state index in [2.05, 4.69) is 33.9 Å². The molecular weight excluding hydrogens is 194 g/mol. The smallest absolute Gasteiger partial charge is 0.181 e. The number of pyridine rings is 1. The van der Waals surface area contributed by atoms with E-state index in [1.807, 2.05) is 18.2 Å². The van der Waals surface area contributed by atoms with Gasteiger partial charge in [-0.2, -0.15) is 17.7 Å². The van der Waals surface area contributed by atoms with E-state index < -0.39 is 0 Å². The summed E-state index contributed by atoms with van der Waals surface area (Å²) in [7, 11) is 0. The van der Waals surface area contributed by atoms with Crippen LogP contribution in [0.2, 0.25) is 0 Å². The van der Waals surface area contributed by atoms with E-state index in [-0.39, 0.29) is 0 Å². The number of hydrogen-bond acceptors (Lipinski definition) is 3. The molecule has 0 aliphatic carbocycles. The number of aromatic nitrogens is 3. The predicted octanol–water partition coefficient (Wildman–Crippen LogP) is 2.29. The summed E-state index contributed by atoms with van der Waals surface area (Å²) in [5.41, 5.74) is 1.77. The minimum atomic E-state index is 0.762. The average molecular weight is 205 g/mol. The maximum absolute atomic E-state index is 4.14. The summed E-state index contributed by atoms with van der Waals surface area (Å²) < 4.78 is 0. The van der Waals surface area contributed by atoms with Crippen LogP contribution in [0.25, 0.3) is 17.1 Å². The van der Waals surface area contributed by atoms with Gasteiger partial charge in [0.2, 0.25) is 0 Å². The monoisotopic (exact) mass is 205 g/mol. The predicted molar refractivity (Wildman–Crippen MR) is 61.4 cm³/mol. The number of thiol groups is 1. The first kappa shape index (κ1) is 9.27. The lowest BCUT2D eigenvalue weighted by Crippen LogP contribution is -1.74. The van der Waals surface area contributed by atoms with Gasteiger partial charge in [-0.25, -0.2) is 4.98 Å². The van der Waals surface area contributed by atoms with Gasteiger partial charge in [-0.3, -0.25) is 5.10 Å². The molecule has 0 saturated carbocycles. The Hall–Kier alpha value is -1.29. The van der Waals surface area contributed by atoms with Crippen LogP contribution >= 0.6 is 12.6 Å². The Labute approximate surface area is 87.7 Å². The van der Waals surface area contributed by atoms with Crippen LogP contribution in [0, 0.1) is 0 Å². The maximum atomic E-state index is 4.14. The van der Waals surface area contributed by atoms with Crippen molar-refractivity contribution in [2.45, 2.75) is 6.42 Å². The van der Waals surface area contributed by atoms with E-state index in [0.29, 0.717) is 0 Å². The molecule has 0 spiro atoms. The van der Waals surface area contributed by atoms with E-state index in [4.69, 9.17) is 0 Å². The van der Waals surface area contributed by atoms with Crippen LogP contribution in [0.4, 0.5) is 0 Å². The lowest BCUT2D eigenvalue weighted by Gasteiger charge is -1.88. The molecule has 0 atom stereocenters. The van der Waals surface area contributed by atoms with Gasteiger partial charge in [0.1, 0.15) is 0 Å². The molecule has 2 aromatic heterocycles. The first-order valence-electron chi connectivity index (χ1n) is 4.48. The first-order chi connectivity index (χ1) is 6.92. The Balaban J connectivity index is 2.34. The summed E-state index contributed by atoms with van der Waals surface area (Å²) >= 11 is 4.14. The van der Waals surface area contributed by atoms with E-state index >= 15 is 0 Å². The summed E-state index contributed by atoms with van der Waals surface area (Å²) in [5, 5.41) is 8.10. The molecule has 0 unspecified atom stereocenters. The Morgan fingerprint density at radius 3 is 3.29 bits per heavy atom. The van der Waals surface area contributed by atoms with Crippen molar-refractivity contribution in [3.05, 3.63) is 30.1 Å². The lowest BCUT2D eigenvalue weighted by atomic mass is 10.2. The van der Waals surface area contributed by atoms with E-state index in [1.165, 1.54) is 0 Å². The van der Waals surface area contributed by atoms with Gasteiger partial charge >= 0.3 is 0 Å². The van der Waals surface area contributed by atoms with Crippen LogP contribution in [0.5, 0.6) is 0 Å². The molecule has 14 heavy (non-hydrogen) atoms. The molecule has 1 N–H and O–H groups in total. The number of hydrogen-bond donors (Lipinski definition) is 2. The number of fused-ring (bicyclic) bond motifs is 1. The molecule has 72 valence electrons. The van der Waals surface area contributed by atoms with Crippen LogP contribution in [0.3, 0.4) is 0 Å². The van der Waals surface area contributed by atoms with Crippen molar-refractivity contribution in [2.75, 3.05) is 5.75 Å². The van der Waals surface area contributed by atoms with Crippen molar-refractivity contribution in [1.29, 1.82) is 0 Å². The Morgan fingerprint density at radius 2 is 2.43 bits per heavy atom. The van der Waals surface area contributed by atoms with Gasteiger partial charge in [0.25, 0.3) is 0 Å². The molecule has 0 saturated heterocycles. The summed E-state index contributed by atoms with van der Waals surface area (Å²) in [4.78, 5) is 4.14. The minimum Gasteiger partial charge on any atom is -0.276 e. The molecule has 0 bridgehead atoms. The van der Waals surface area contributed by atoms with Crippen molar-refractivity contribution in [1.82, 2.24) is 15.2 Å². The minimum absolute atomic E-state index is 0.762. The highest BCUT2D eigenvalue weighted by Gasteiger charge is 2.00. The molecular formula is C10H11N3S. The Bertz CT molecular complexity index is 447. The van der Waals surface area contributed by atoms with Crippen molar-refractivity contribution < 1.29 is 0 Å². The van der Waals surface area contributed by atoms with Crippen LogP contribution in [0.15, 0.2) is 24.4 Å². The van der Waals surface area contributed by atoms with E-state index in [0.717, 1.165) is 28.9 Å². The largest absolute Gasteiger partial charge is 0.276 e. The van der Waals surface area contributed by atoms with Gasteiger partial charge in [-0.1, -0.05) is 6.08 Å². The van der Waals surface area contributed by atoms with Gasteiger partial charge in [-0.05, 0) is 30.4 Å². The fraction of sp³-hybridized carbons (Fsp3) is 0.200. The molecule has 0 aliphatic rings. The molecule has 0 aromatic carbocycles. The van der Waals surface area contributed by atoms with Gasteiger partial charge in [0.15, 0.2) is 5.65 Å². The normalized spacial score (nSPS) is 11.5. The summed E-state index contributed by atoms with van der Waals surface area (Å²) in [5.74, 6) is 0.862. The van der Waals surface area contributed by atoms with Gasteiger partial charge in [0.05, 0.1) is 5.69 Å². The zero-order valence-corrected chi connectivity index (χ0v) is 8.54. The fourth-order valence-corrected chi connectivity index (χ4v) is 1.42. The van der Waals surface area contributed by atoms with Crippen LogP contribution < -0.4 is 0 Å². The number of allylic oxidation sites excluding steroid dienone is 1. The van der Waals surface area contributed by atoms with Gasteiger partial charge in [-0.15, -0.1) is 0 Å². The first-order valence-corrected chi connectivity index (χ1v) is 5.11. The lowest BCUT2D eigenvalue weighted by molar-refractivity contribution is 1.09. The van der Waals surface area contributed by atoms with Crippen LogP contribution in [-0.2, 0) is 0 Å². The molecule has 0 amide bonds. The van der Waals surface area contributed by atoms with Crippen molar-refractivity contribution in [2.24, 2.45) is 0 Å². The second-order valence-electron chi connectivity index (χ2n) is 2.93. The number of rotatable bonds is 3. The SMILES string of the molecule is SCCC=Cc1[nH]nc2ncccc12. The Morgan fingerprint density at radius 1 is 1.50 bits per heavy atom. The molecule has 0 aliphatic heterocycles. The quantitative estimate of drug-likeness (QED) is 0.755. The summed E-state index contributed by atoms with van der Waals surface area (Å²) in [6, 6.07) is 3.92. The second kappa shape index (κ2) is 4.28. The number of nitrogens with zero attached hydrogens (tertiary/aromatic N) is 2. The highest BCUT2D eigenvalue weighted by atomic mass is 32.1. The highest BCUT2D eigenvalue weighted by Crippen LogP contribution is 2.14. The number of aromatic amines is 1. The summed E-state index contributed by atoms with van der Waals surface area (Å²) in [6.45, 7) is 0. The zero-order chi connectivity index (χ0) is 9.80. The third kappa shape index (κ3) is 1.80. The molecule has 2 heterocycles. The Kier molecular flexibility index (Phi) is 2.84. The zero-order valence-electron chi connectivity index (χ0n) is 7.64. The molecule has 0 radical (unpaired) electrons. The molecule has 0 fully saturated rings. The fourth-order valence-electron chi connectivity index (χ4n) is 1.27. The second-order valence-corrected chi connectivity index (χ2v) is 3.37. The molecule has 2 aromatic rings. The maximum Gasteiger partial charge on any atom is 0.181 e. The standard InChI is InChI=1S/C10H11N3S/c14-7-2-1-5-9-8-4-3-6-11-10(8)13-12-9/h1,3-6,14H,2,7H2,(H,11,12,13). The van der Waals surface area contributed by atoms with Crippen LogP contribution in [0.1, 0.15) is 12.1 Å². The van der Waals surface area contributed by atoms with Crippen molar-refractivity contribution in [3.63, 3.8) is 0 Å². The van der Waals surface area contributed by atoms with Gasteiger partial charge < -0.3 is 0 Å². The average Bonchev–Trinajstić information content (AvgIpc) is 2.63. The third-order valence-corrected chi connectivity index (χ3v) is 2.20. The summed E-state index contributed by atoms with van der Waals surface area (Å²) in [6.07, 6.45) is 6.80. The van der Waals surface area contributed by atoms with E-state index in [9.17, 15) is 0 Å². The van der Waals surface area contributed by atoms with Crippen molar-refractivity contribution >= 4 is 29.7 Å².